The fourth-order valence-electron chi connectivity index (χ4n) is 1.96. The van der Waals surface area contributed by atoms with Crippen molar-refractivity contribution in [3.05, 3.63) is 47.0 Å². The third kappa shape index (κ3) is 3.61. The number of nitrogens with one attached hydrogen (secondary N) is 1. The number of benzene rings is 1. The molecule has 1 aromatic rings. The van der Waals surface area contributed by atoms with Gasteiger partial charge in [0.15, 0.2) is 17.9 Å². The van der Waals surface area contributed by atoms with E-state index in [9.17, 15) is 18.7 Å². The zero-order valence-electron chi connectivity index (χ0n) is 11.7. The lowest BCUT2D eigenvalue weighted by Crippen LogP contribution is -2.41. The van der Waals surface area contributed by atoms with Gasteiger partial charge in [-0.3, -0.25) is 9.80 Å². The van der Waals surface area contributed by atoms with Gasteiger partial charge >= 0.3 is 0 Å². The normalized spacial score (nSPS) is 17.9. The Morgan fingerprint density at radius 3 is 2.82 bits per heavy atom. The Balaban J connectivity index is 2.20. The van der Waals surface area contributed by atoms with Crippen LogP contribution in [0.4, 0.5) is 8.78 Å². The van der Waals surface area contributed by atoms with Crippen molar-refractivity contribution in [2.45, 2.75) is 19.7 Å². The van der Waals surface area contributed by atoms with E-state index in [1.165, 1.54) is 12.1 Å². The molecule has 0 aromatic heterocycles. The maximum Gasteiger partial charge on any atom is 0.251 e. The van der Waals surface area contributed by atoms with Crippen LogP contribution in [-0.4, -0.2) is 34.0 Å². The number of hydrogen-bond acceptors (Lipinski definition) is 4. The molecular weight excluding hydrogens is 316 g/mol. The molecule has 0 spiro atoms. The van der Waals surface area contributed by atoms with Crippen LogP contribution in [-0.2, 0) is 11.3 Å². The first kappa shape index (κ1) is 16.4. The van der Waals surface area contributed by atoms with Crippen LogP contribution in [0.15, 0.2) is 34.9 Å². The van der Waals surface area contributed by atoms with E-state index in [0.29, 0.717) is 12.1 Å². The van der Waals surface area contributed by atoms with Gasteiger partial charge in [0.1, 0.15) is 5.17 Å². The number of likely N-dealkylation sites (N-methyl/N-ethyl adjacent to an activating group) is 1. The lowest BCUT2D eigenvalue weighted by molar-refractivity contribution is -0.120. The Bertz CT molecular complexity index is 649. The molecule has 2 rings (SSSR count). The number of hydrazone groups is 1. The first-order chi connectivity index (χ1) is 10.4. The van der Waals surface area contributed by atoms with E-state index in [2.05, 4.69) is 10.4 Å². The van der Waals surface area contributed by atoms with Crippen LogP contribution in [0.25, 0.3) is 0 Å². The average Bonchev–Trinajstić information content (AvgIpc) is 2.46. The molecule has 1 aliphatic rings. The van der Waals surface area contributed by atoms with Crippen molar-refractivity contribution < 1.29 is 18.7 Å². The van der Waals surface area contributed by atoms with Crippen LogP contribution in [0.1, 0.15) is 12.5 Å². The van der Waals surface area contributed by atoms with Crippen molar-refractivity contribution >= 4 is 22.7 Å². The summed E-state index contributed by atoms with van der Waals surface area (Å²) in [6.07, 6.45) is -0.0685. The van der Waals surface area contributed by atoms with E-state index in [-0.39, 0.29) is 17.3 Å². The molecule has 0 saturated carbocycles. The minimum atomic E-state index is -1.33. The van der Waals surface area contributed by atoms with Crippen LogP contribution >= 0.6 is 11.6 Å². The third-order valence-electron chi connectivity index (χ3n) is 2.99. The predicted octanol–water partition coefficient (Wildman–Crippen LogP) is 1.71. The Morgan fingerprint density at radius 1 is 1.45 bits per heavy atom. The second kappa shape index (κ2) is 6.85. The molecule has 0 fully saturated rings. The highest BCUT2D eigenvalue weighted by Crippen LogP contribution is 2.20. The van der Waals surface area contributed by atoms with Gasteiger partial charge in [0.25, 0.3) is 5.91 Å². The second-order valence-electron chi connectivity index (χ2n) is 4.60. The molecule has 2 N–H and O–H groups in total. The molecule has 1 amide bonds. The summed E-state index contributed by atoms with van der Waals surface area (Å²) in [5.41, 5.74) is 0.410. The Kier molecular flexibility index (Phi) is 5.10. The summed E-state index contributed by atoms with van der Waals surface area (Å²) in [5.74, 6) is -2.44. The van der Waals surface area contributed by atoms with Crippen LogP contribution < -0.4 is 5.32 Å². The molecular formula is C14H14ClF2N3O2. The molecule has 5 nitrogen and oxygen atoms in total. The van der Waals surface area contributed by atoms with Crippen LogP contribution in [0.2, 0.25) is 0 Å². The van der Waals surface area contributed by atoms with Crippen molar-refractivity contribution in [2.24, 2.45) is 5.10 Å². The number of halogens is 3. The maximum absolute atomic E-state index is 13.2. The molecule has 8 heteroatoms. The lowest BCUT2D eigenvalue weighted by atomic mass is 10.1. The minimum absolute atomic E-state index is 0.00846. The molecule has 1 unspecified atom stereocenters. The summed E-state index contributed by atoms with van der Waals surface area (Å²) < 4.78 is 26.1. The van der Waals surface area contributed by atoms with Gasteiger partial charge in [-0.25, -0.2) is 8.78 Å². The van der Waals surface area contributed by atoms with E-state index >= 15 is 0 Å². The summed E-state index contributed by atoms with van der Waals surface area (Å²) in [6.45, 7) is 2.09. The molecule has 1 heterocycles. The van der Waals surface area contributed by atoms with Gasteiger partial charge in [0.05, 0.1) is 12.1 Å². The van der Waals surface area contributed by atoms with E-state index < -0.39 is 23.8 Å². The zero-order chi connectivity index (χ0) is 16.3. The van der Waals surface area contributed by atoms with Crippen molar-refractivity contribution in [1.29, 1.82) is 0 Å². The van der Waals surface area contributed by atoms with Gasteiger partial charge in [0.2, 0.25) is 0 Å². The summed E-state index contributed by atoms with van der Waals surface area (Å²) in [4.78, 5) is 11.9. The number of carbonyl (C=O) groups is 1. The number of carbonyl (C=O) groups excluding carboxylic acids is 1. The first-order valence-corrected chi connectivity index (χ1v) is 6.92. The van der Waals surface area contributed by atoms with E-state index in [1.54, 1.807) is 6.92 Å². The van der Waals surface area contributed by atoms with Crippen LogP contribution in [0.5, 0.6) is 0 Å². The molecule has 118 valence electrons. The molecule has 1 aromatic carbocycles. The quantitative estimate of drug-likeness (QED) is 0.884. The van der Waals surface area contributed by atoms with Crippen molar-refractivity contribution in [3.8, 4) is 0 Å². The number of rotatable bonds is 4. The van der Waals surface area contributed by atoms with Gasteiger partial charge in [-0.05, 0) is 30.7 Å². The average molecular weight is 330 g/mol. The van der Waals surface area contributed by atoms with Gasteiger partial charge in [0, 0.05) is 6.54 Å². The van der Waals surface area contributed by atoms with Gasteiger partial charge in [-0.2, -0.15) is 5.10 Å². The number of hydrogen-bond donors (Lipinski definition) is 2. The topological polar surface area (TPSA) is 64.9 Å². The summed E-state index contributed by atoms with van der Waals surface area (Å²) in [6, 6.07) is 3.33. The minimum Gasteiger partial charge on any atom is -0.368 e. The number of allylic oxidation sites excluding steroid dienone is 1. The Morgan fingerprint density at radius 2 is 2.18 bits per heavy atom. The summed E-state index contributed by atoms with van der Waals surface area (Å²) in [5, 5.41) is 17.8. The maximum atomic E-state index is 13.2. The molecule has 22 heavy (non-hydrogen) atoms. The molecule has 0 bridgehead atoms. The van der Waals surface area contributed by atoms with Gasteiger partial charge in [-0.15, -0.1) is 0 Å². The van der Waals surface area contributed by atoms with Gasteiger partial charge in [-0.1, -0.05) is 17.7 Å². The van der Waals surface area contributed by atoms with E-state index in [0.717, 1.165) is 17.1 Å². The van der Waals surface area contributed by atoms with Crippen molar-refractivity contribution in [3.63, 3.8) is 0 Å². The van der Waals surface area contributed by atoms with Crippen molar-refractivity contribution in [1.82, 2.24) is 10.3 Å². The number of aliphatic hydroxyl groups excluding tert-OH is 1. The molecule has 0 radical (unpaired) electrons. The van der Waals surface area contributed by atoms with E-state index in [4.69, 9.17) is 11.6 Å². The van der Waals surface area contributed by atoms with E-state index in [1.807, 2.05) is 0 Å². The predicted molar refractivity (Wildman–Crippen MR) is 78.0 cm³/mol. The molecule has 0 saturated heterocycles. The fraction of sp³-hybridized carbons (Fsp3) is 0.286. The molecule has 1 atom stereocenters. The third-order valence-corrected chi connectivity index (χ3v) is 3.17. The number of aliphatic hydroxyl groups is 1. The molecule has 0 aliphatic carbocycles. The fourth-order valence-corrected chi connectivity index (χ4v) is 2.18. The second-order valence-corrected chi connectivity index (χ2v) is 4.99. The highest BCUT2D eigenvalue weighted by atomic mass is 35.5. The number of amides is 1. The highest BCUT2D eigenvalue weighted by molar-refractivity contribution is 6.68. The first-order valence-electron chi connectivity index (χ1n) is 6.55. The summed E-state index contributed by atoms with van der Waals surface area (Å²) in [7, 11) is 0. The van der Waals surface area contributed by atoms with Crippen LogP contribution in [0.3, 0.4) is 0 Å². The highest BCUT2D eigenvalue weighted by Gasteiger charge is 2.28. The largest absolute Gasteiger partial charge is 0.368 e. The van der Waals surface area contributed by atoms with Crippen molar-refractivity contribution in [2.75, 3.05) is 6.54 Å². The SMILES string of the molecule is CCNC(=O)C1=CC(Cl)=NN(Cc2ccc(F)c(F)c2)C1O. The summed E-state index contributed by atoms with van der Waals surface area (Å²) >= 11 is 5.85. The molecule has 1 aliphatic heterocycles. The Hall–Kier alpha value is -1.99. The van der Waals surface area contributed by atoms with Crippen LogP contribution in [0, 0.1) is 11.6 Å². The lowest BCUT2D eigenvalue weighted by Gasteiger charge is -2.29. The number of nitrogens with zero attached hydrogens (tertiary/aromatic N) is 2. The monoisotopic (exact) mass is 329 g/mol. The smallest absolute Gasteiger partial charge is 0.251 e. The zero-order valence-corrected chi connectivity index (χ0v) is 12.4. The Labute approximate surface area is 130 Å². The standard InChI is InChI=1S/C14H14ClF2N3O2/c1-2-18-13(21)9-6-12(15)19-20(14(9)22)7-8-3-4-10(16)11(17)5-8/h3-6,14,22H,2,7H2,1H3,(H,18,21). The van der Waals surface area contributed by atoms with Gasteiger partial charge < -0.3 is 10.4 Å².